The summed E-state index contributed by atoms with van der Waals surface area (Å²) < 4.78 is 21.4. The Balaban J connectivity index is 1.27. The zero-order chi connectivity index (χ0) is 23.9. The van der Waals surface area contributed by atoms with E-state index in [4.69, 9.17) is 29.6 Å². The summed E-state index contributed by atoms with van der Waals surface area (Å²) in [5.74, 6) is 4.30. The lowest BCUT2D eigenvalue weighted by Crippen LogP contribution is -2.19. The van der Waals surface area contributed by atoms with E-state index in [0.29, 0.717) is 23.4 Å². The Bertz CT molecular complexity index is 1440. The van der Waals surface area contributed by atoms with E-state index in [1.165, 1.54) is 0 Å². The summed E-state index contributed by atoms with van der Waals surface area (Å²) in [6.45, 7) is 1.68. The van der Waals surface area contributed by atoms with E-state index in [1.54, 1.807) is 31.2 Å². The number of anilines is 1. The van der Waals surface area contributed by atoms with Crippen molar-refractivity contribution in [2.75, 3.05) is 5.32 Å². The summed E-state index contributed by atoms with van der Waals surface area (Å²) in [5, 5.41) is 12.2. The molecule has 0 radical (unpaired) electrons. The first-order valence-corrected chi connectivity index (χ1v) is 10.4. The quantitative estimate of drug-likeness (QED) is 0.394. The molecule has 1 unspecified atom stereocenters. The van der Waals surface area contributed by atoms with Gasteiger partial charge in [-0.1, -0.05) is 29.8 Å². The molecule has 1 aliphatic rings. The van der Waals surface area contributed by atoms with Crippen LogP contribution in [0.3, 0.4) is 0 Å². The summed E-state index contributed by atoms with van der Waals surface area (Å²) in [7, 11) is 0. The molecule has 0 saturated heterocycles. The average Bonchev–Trinajstić information content (AvgIpc) is 3.12. The fourth-order valence-corrected chi connectivity index (χ4v) is 3.52. The number of hydrogen-bond donors (Lipinski definition) is 2. The van der Waals surface area contributed by atoms with Gasteiger partial charge in [0.2, 0.25) is 11.8 Å². The first-order valence-electron chi connectivity index (χ1n) is 10.0. The first kappa shape index (κ1) is 21.5. The molecule has 1 aliphatic carbocycles. The van der Waals surface area contributed by atoms with E-state index in [9.17, 15) is 14.7 Å². The van der Waals surface area contributed by atoms with Crippen molar-refractivity contribution in [1.82, 2.24) is 15.0 Å². The van der Waals surface area contributed by atoms with Gasteiger partial charge in [0, 0.05) is 16.5 Å². The number of aliphatic carboxylic acids is 1. The van der Waals surface area contributed by atoms with E-state index >= 15 is 0 Å². The number of carbonyl (C=O) groups is 2. The highest BCUT2D eigenvalue weighted by Crippen LogP contribution is 2.48. The Hall–Kier alpha value is -4.30. The number of nitrogens with zero attached hydrogens (tertiary/aromatic N) is 3. The highest BCUT2D eigenvalue weighted by atomic mass is 35.5. The highest BCUT2D eigenvalue weighted by Gasteiger charge is 2.56. The molecular weight excluding hydrogens is 468 g/mol. The number of carbonyl (C=O) groups excluding carboxylic acids is 1. The Morgan fingerprint density at radius 2 is 1.97 bits per heavy atom. The van der Waals surface area contributed by atoms with Crippen LogP contribution in [0.5, 0.6) is 0 Å². The molecule has 4 aromatic rings. The van der Waals surface area contributed by atoms with Crippen molar-refractivity contribution >= 4 is 41.0 Å². The lowest BCUT2D eigenvalue weighted by Gasteiger charge is -2.14. The minimum atomic E-state index is -1.10. The fourth-order valence-electron chi connectivity index (χ4n) is 3.23. The molecule has 3 heterocycles. The average molecular weight is 483 g/mol. The molecule has 0 bridgehead atoms. The maximum absolute atomic E-state index is 12.3. The van der Waals surface area contributed by atoms with Gasteiger partial charge in [-0.2, -0.15) is 9.97 Å². The van der Waals surface area contributed by atoms with E-state index in [-0.39, 0.29) is 34.8 Å². The molecular formula is C22H15ClN4O7. The van der Waals surface area contributed by atoms with Crippen LogP contribution in [0.1, 0.15) is 48.9 Å². The third-order valence-corrected chi connectivity index (χ3v) is 5.59. The van der Waals surface area contributed by atoms with Gasteiger partial charge in [0.1, 0.15) is 11.5 Å². The van der Waals surface area contributed by atoms with Crippen LogP contribution in [0, 0.1) is 11.8 Å². The Kier molecular flexibility index (Phi) is 5.22. The van der Waals surface area contributed by atoms with E-state index < -0.39 is 23.6 Å². The molecule has 1 fully saturated rings. The summed E-state index contributed by atoms with van der Waals surface area (Å²) in [6.07, 6.45) is 0.597. The van der Waals surface area contributed by atoms with Crippen LogP contribution in [0.2, 0.25) is 5.02 Å². The minimum Gasteiger partial charge on any atom is -0.480 e. The molecule has 1 atom stereocenters. The number of hydrogen-bond acceptors (Lipinski definition) is 9. The maximum Gasteiger partial charge on any atom is 0.414 e. The summed E-state index contributed by atoms with van der Waals surface area (Å²) in [6, 6.07) is 7.01. The first-order chi connectivity index (χ1) is 16.4. The van der Waals surface area contributed by atoms with Crippen LogP contribution < -0.4 is 5.32 Å². The number of nitrogens with one attached hydrogen (secondary N) is 1. The molecule has 12 heteroatoms. The summed E-state index contributed by atoms with van der Waals surface area (Å²) in [4.78, 5) is 35.8. The van der Waals surface area contributed by atoms with Crippen LogP contribution >= 0.6 is 11.6 Å². The summed E-state index contributed by atoms with van der Waals surface area (Å²) >= 11 is 6.13. The van der Waals surface area contributed by atoms with Crippen LogP contribution in [0.15, 0.2) is 43.9 Å². The molecule has 172 valence electrons. The predicted octanol–water partition coefficient (Wildman–Crippen LogP) is 4.28. The van der Waals surface area contributed by atoms with Gasteiger partial charge in [0.15, 0.2) is 12.1 Å². The molecule has 1 amide bonds. The minimum absolute atomic E-state index is 0.0307. The van der Waals surface area contributed by atoms with Crippen molar-refractivity contribution in [3.63, 3.8) is 0 Å². The summed E-state index contributed by atoms with van der Waals surface area (Å²) in [5.41, 5.74) is -0.259. The van der Waals surface area contributed by atoms with Gasteiger partial charge in [-0.15, -0.1) is 0 Å². The second-order valence-electron chi connectivity index (χ2n) is 7.51. The second-order valence-corrected chi connectivity index (χ2v) is 7.92. The van der Waals surface area contributed by atoms with Gasteiger partial charge >= 0.3 is 12.1 Å². The standard InChI is InChI=1S/C22H15ClN4O7/c1-11(12-4-2-3-5-13(12)23)32-21(30)27-16-14(24-10-31-16)6-7-15-25-17-18(33-15)26-19(34-17)22(8-9-22)20(28)29/h2-5,10-11H,8-9H2,1H3,(H,27,30)(H,28,29). The highest BCUT2D eigenvalue weighted by molar-refractivity contribution is 6.31. The molecule has 2 N–H and O–H groups in total. The number of aromatic nitrogens is 3. The monoisotopic (exact) mass is 482 g/mol. The molecule has 5 rings (SSSR count). The molecule has 34 heavy (non-hydrogen) atoms. The van der Waals surface area contributed by atoms with Gasteiger partial charge in [0.05, 0.1) is 0 Å². The zero-order valence-corrected chi connectivity index (χ0v) is 18.3. The van der Waals surface area contributed by atoms with Gasteiger partial charge in [-0.3, -0.25) is 10.1 Å². The number of fused-ring (bicyclic) bond motifs is 1. The fraction of sp³-hybridized carbons (Fsp3) is 0.227. The largest absolute Gasteiger partial charge is 0.480 e. The van der Waals surface area contributed by atoms with E-state index in [2.05, 4.69) is 32.1 Å². The predicted molar refractivity (Wildman–Crippen MR) is 115 cm³/mol. The topological polar surface area (TPSA) is 154 Å². The lowest BCUT2D eigenvalue weighted by molar-refractivity contribution is -0.140. The Labute approximate surface area is 196 Å². The van der Waals surface area contributed by atoms with Crippen molar-refractivity contribution < 1.29 is 32.7 Å². The number of rotatable bonds is 5. The van der Waals surface area contributed by atoms with E-state index in [1.807, 2.05) is 0 Å². The third-order valence-electron chi connectivity index (χ3n) is 5.24. The Morgan fingerprint density at radius 3 is 2.68 bits per heavy atom. The van der Waals surface area contributed by atoms with Crippen LogP contribution in [0.4, 0.5) is 10.7 Å². The van der Waals surface area contributed by atoms with Crippen molar-refractivity contribution in [1.29, 1.82) is 0 Å². The van der Waals surface area contributed by atoms with Crippen molar-refractivity contribution in [3.8, 4) is 11.8 Å². The normalized spacial score (nSPS) is 14.8. The van der Waals surface area contributed by atoms with Gasteiger partial charge in [-0.05, 0) is 31.8 Å². The molecule has 1 aromatic carbocycles. The zero-order valence-electron chi connectivity index (χ0n) is 17.5. The maximum atomic E-state index is 12.3. The number of ether oxygens (including phenoxy) is 1. The molecule has 3 aromatic heterocycles. The van der Waals surface area contributed by atoms with E-state index in [0.717, 1.165) is 6.39 Å². The van der Waals surface area contributed by atoms with Crippen molar-refractivity contribution in [2.45, 2.75) is 31.3 Å². The third kappa shape index (κ3) is 3.95. The smallest absolute Gasteiger partial charge is 0.414 e. The van der Waals surface area contributed by atoms with Crippen LogP contribution in [-0.4, -0.2) is 32.1 Å². The number of carboxylic acids is 1. The van der Waals surface area contributed by atoms with Gasteiger partial charge in [-0.25, -0.2) is 9.78 Å². The molecule has 0 spiro atoms. The lowest BCUT2D eigenvalue weighted by atomic mass is 10.1. The number of benzene rings is 1. The van der Waals surface area contributed by atoms with Crippen molar-refractivity contribution in [2.24, 2.45) is 0 Å². The number of halogens is 1. The Morgan fingerprint density at radius 1 is 1.21 bits per heavy atom. The van der Waals surface area contributed by atoms with Gasteiger partial charge in [0.25, 0.3) is 17.3 Å². The number of carboxylic acid groups (broad SMARTS) is 1. The molecule has 11 nitrogen and oxygen atoms in total. The van der Waals surface area contributed by atoms with Crippen molar-refractivity contribution in [3.05, 3.63) is 58.7 Å². The second kappa shape index (κ2) is 8.24. The SMILES string of the molecule is CC(OC(=O)Nc1ocnc1C#Cc1nc2oc(C3(C(=O)O)CC3)nc2o1)c1ccccc1Cl. The van der Waals surface area contributed by atoms with Crippen LogP contribution in [-0.2, 0) is 14.9 Å². The number of oxazole rings is 3. The molecule has 0 aliphatic heterocycles. The van der Waals surface area contributed by atoms with Gasteiger partial charge < -0.3 is 23.1 Å². The molecule has 1 saturated carbocycles. The number of amides is 1. The van der Waals surface area contributed by atoms with Crippen LogP contribution in [0.25, 0.3) is 11.4 Å².